The average molecular weight is 334 g/mol. The van der Waals surface area contributed by atoms with Gasteiger partial charge in [0.2, 0.25) is 0 Å². The molecule has 25 heavy (non-hydrogen) atoms. The van der Waals surface area contributed by atoms with Gasteiger partial charge in [-0.25, -0.2) is 0 Å². The molecule has 4 rings (SSSR count). The summed E-state index contributed by atoms with van der Waals surface area (Å²) in [5.74, 6) is 1.06. The van der Waals surface area contributed by atoms with Gasteiger partial charge >= 0.3 is 0 Å². The number of hydrogen-bond donors (Lipinski definition) is 1. The zero-order valence-electron chi connectivity index (χ0n) is 14.6. The topological polar surface area (TPSA) is 30.9 Å². The first-order valence-corrected chi connectivity index (χ1v) is 9.28. The molecule has 0 radical (unpaired) electrons. The van der Waals surface area contributed by atoms with Crippen molar-refractivity contribution in [3.8, 4) is 0 Å². The molecular weight excluding hydrogens is 308 g/mol. The Kier molecular flexibility index (Phi) is 4.98. The van der Waals surface area contributed by atoms with Crippen LogP contribution in [0.5, 0.6) is 0 Å². The van der Waals surface area contributed by atoms with Crippen molar-refractivity contribution < 1.29 is 0 Å². The van der Waals surface area contributed by atoms with E-state index < -0.39 is 0 Å². The number of nitrogens with zero attached hydrogens (tertiary/aromatic N) is 3. The average Bonchev–Trinajstić information content (AvgIpc) is 2.70. The molecule has 4 heteroatoms. The lowest BCUT2D eigenvalue weighted by atomic mass is 10.1. The first-order valence-electron chi connectivity index (χ1n) is 9.28. The van der Waals surface area contributed by atoms with Crippen molar-refractivity contribution in [1.82, 2.24) is 10.2 Å². The highest BCUT2D eigenvalue weighted by Gasteiger charge is 2.22. The summed E-state index contributed by atoms with van der Waals surface area (Å²) in [5, 5.41) is 3.45. The molecule has 1 N–H and O–H groups in total. The van der Waals surface area contributed by atoms with Gasteiger partial charge in [0.1, 0.15) is 5.84 Å². The van der Waals surface area contributed by atoms with Crippen LogP contribution < -0.4 is 10.2 Å². The van der Waals surface area contributed by atoms with Gasteiger partial charge in [-0.1, -0.05) is 48.5 Å². The molecule has 2 aliphatic heterocycles. The molecule has 2 aromatic carbocycles. The molecule has 2 aliphatic rings. The molecule has 130 valence electrons. The van der Waals surface area contributed by atoms with Crippen LogP contribution in [0.4, 0.5) is 5.69 Å². The minimum absolute atomic E-state index is 0.403. The van der Waals surface area contributed by atoms with Gasteiger partial charge in [-0.15, -0.1) is 0 Å². The maximum atomic E-state index is 4.97. The molecule has 0 aliphatic carbocycles. The Morgan fingerprint density at radius 3 is 2.28 bits per heavy atom. The molecular formula is C21H26N4. The smallest absolute Gasteiger partial charge is 0.128 e. The highest BCUT2D eigenvalue weighted by atomic mass is 15.3. The van der Waals surface area contributed by atoms with Crippen LogP contribution in [0.3, 0.4) is 0 Å². The van der Waals surface area contributed by atoms with Gasteiger partial charge in [0, 0.05) is 50.5 Å². The molecule has 1 unspecified atom stereocenters. The number of benzene rings is 2. The number of anilines is 1. The molecule has 0 saturated carbocycles. The van der Waals surface area contributed by atoms with E-state index >= 15 is 0 Å². The van der Waals surface area contributed by atoms with Crippen LogP contribution in [0, 0.1) is 0 Å². The summed E-state index contributed by atoms with van der Waals surface area (Å²) in [6, 6.07) is 21.6. The van der Waals surface area contributed by atoms with E-state index in [1.807, 2.05) is 0 Å². The summed E-state index contributed by atoms with van der Waals surface area (Å²) in [6.07, 6.45) is 1.12. The summed E-state index contributed by atoms with van der Waals surface area (Å²) in [4.78, 5) is 10.0. The summed E-state index contributed by atoms with van der Waals surface area (Å²) < 4.78 is 0. The van der Waals surface area contributed by atoms with E-state index in [0.717, 1.165) is 51.5 Å². The fourth-order valence-electron chi connectivity index (χ4n) is 3.68. The zero-order chi connectivity index (χ0) is 16.9. The second kappa shape index (κ2) is 7.70. The number of para-hydroxylation sites is 1. The lowest BCUT2D eigenvalue weighted by molar-refractivity contribution is 0.238. The molecule has 2 heterocycles. The Morgan fingerprint density at radius 2 is 1.56 bits per heavy atom. The predicted molar refractivity (Wildman–Crippen MR) is 104 cm³/mol. The van der Waals surface area contributed by atoms with Crippen molar-refractivity contribution >= 4 is 11.5 Å². The standard InChI is InChI=1S/C21H26N4/c1-3-7-18(8-4-1)21-22-12-11-19(23-21)17-24-13-15-25(16-14-24)20-9-5-2-6-10-20/h1-10,19H,11-17H2,(H,22,23). The van der Waals surface area contributed by atoms with Gasteiger partial charge in [-0.2, -0.15) is 0 Å². The second-order valence-electron chi connectivity index (χ2n) is 6.84. The molecule has 4 nitrogen and oxygen atoms in total. The van der Waals surface area contributed by atoms with E-state index in [1.54, 1.807) is 0 Å². The normalized spacial score (nSPS) is 21.5. The van der Waals surface area contributed by atoms with Crippen LogP contribution >= 0.6 is 0 Å². The van der Waals surface area contributed by atoms with Gasteiger partial charge < -0.3 is 10.2 Å². The van der Waals surface area contributed by atoms with Crippen LogP contribution in [-0.2, 0) is 0 Å². The number of rotatable bonds is 4. The predicted octanol–water partition coefficient (Wildman–Crippen LogP) is 2.62. The highest BCUT2D eigenvalue weighted by molar-refractivity contribution is 5.99. The van der Waals surface area contributed by atoms with Crippen molar-refractivity contribution in [3.05, 3.63) is 66.2 Å². The SMILES string of the molecule is c1ccc(C2=NC(CN3CCN(c4ccccc4)CC3)CCN2)cc1. The van der Waals surface area contributed by atoms with Crippen molar-refractivity contribution in [1.29, 1.82) is 0 Å². The maximum Gasteiger partial charge on any atom is 0.128 e. The quantitative estimate of drug-likeness (QED) is 0.932. The van der Waals surface area contributed by atoms with Gasteiger partial charge in [0.25, 0.3) is 0 Å². The Hall–Kier alpha value is -2.33. The summed E-state index contributed by atoms with van der Waals surface area (Å²) in [7, 11) is 0. The van der Waals surface area contributed by atoms with Crippen LogP contribution in [0.15, 0.2) is 65.7 Å². The third-order valence-electron chi connectivity index (χ3n) is 5.09. The molecule has 1 saturated heterocycles. The fraction of sp³-hybridized carbons (Fsp3) is 0.381. The Balaban J connectivity index is 1.34. The van der Waals surface area contributed by atoms with E-state index in [1.165, 1.54) is 11.3 Å². The summed E-state index contributed by atoms with van der Waals surface area (Å²) in [6.45, 7) is 6.53. The van der Waals surface area contributed by atoms with Crippen molar-refractivity contribution in [3.63, 3.8) is 0 Å². The lowest BCUT2D eigenvalue weighted by Gasteiger charge is -2.37. The second-order valence-corrected chi connectivity index (χ2v) is 6.84. The van der Waals surface area contributed by atoms with Crippen LogP contribution in [-0.4, -0.2) is 56.0 Å². The van der Waals surface area contributed by atoms with Crippen LogP contribution in [0.1, 0.15) is 12.0 Å². The number of aliphatic imine (C=N–C) groups is 1. The maximum absolute atomic E-state index is 4.97. The van der Waals surface area contributed by atoms with Gasteiger partial charge in [-0.3, -0.25) is 9.89 Å². The minimum atomic E-state index is 0.403. The first kappa shape index (κ1) is 16.2. The van der Waals surface area contributed by atoms with Gasteiger partial charge in [0.15, 0.2) is 0 Å². The fourth-order valence-corrected chi connectivity index (χ4v) is 3.68. The largest absolute Gasteiger partial charge is 0.370 e. The number of hydrogen-bond acceptors (Lipinski definition) is 4. The lowest BCUT2D eigenvalue weighted by Crippen LogP contribution is -2.49. The van der Waals surface area contributed by atoms with Crippen molar-refractivity contribution in [2.45, 2.75) is 12.5 Å². The molecule has 0 bridgehead atoms. The zero-order valence-corrected chi connectivity index (χ0v) is 14.6. The van der Waals surface area contributed by atoms with E-state index in [4.69, 9.17) is 4.99 Å². The monoisotopic (exact) mass is 334 g/mol. The molecule has 1 atom stereocenters. The Bertz CT molecular complexity index is 690. The minimum Gasteiger partial charge on any atom is -0.370 e. The molecule has 0 amide bonds. The Labute approximate surface area is 150 Å². The van der Waals surface area contributed by atoms with E-state index in [0.29, 0.717) is 6.04 Å². The van der Waals surface area contributed by atoms with Crippen molar-refractivity contribution in [2.75, 3.05) is 44.2 Å². The molecule has 0 aromatic heterocycles. The van der Waals surface area contributed by atoms with Crippen LogP contribution in [0.25, 0.3) is 0 Å². The van der Waals surface area contributed by atoms with Crippen LogP contribution in [0.2, 0.25) is 0 Å². The number of amidine groups is 1. The van der Waals surface area contributed by atoms with E-state index in [2.05, 4.69) is 75.8 Å². The molecule has 1 fully saturated rings. The third-order valence-corrected chi connectivity index (χ3v) is 5.09. The first-order chi connectivity index (χ1) is 12.4. The third kappa shape index (κ3) is 4.02. The molecule has 0 spiro atoms. The van der Waals surface area contributed by atoms with E-state index in [9.17, 15) is 0 Å². The number of nitrogens with one attached hydrogen (secondary N) is 1. The van der Waals surface area contributed by atoms with Gasteiger partial charge in [0.05, 0.1) is 6.04 Å². The summed E-state index contributed by atoms with van der Waals surface area (Å²) in [5.41, 5.74) is 2.54. The van der Waals surface area contributed by atoms with Gasteiger partial charge in [-0.05, 0) is 18.6 Å². The number of piperazine rings is 1. The summed E-state index contributed by atoms with van der Waals surface area (Å²) >= 11 is 0. The highest BCUT2D eigenvalue weighted by Crippen LogP contribution is 2.17. The van der Waals surface area contributed by atoms with Crippen molar-refractivity contribution in [2.24, 2.45) is 4.99 Å². The molecule has 2 aromatic rings. The Morgan fingerprint density at radius 1 is 0.880 bits per heavy atom. The van der Waals surface area contributed by atoms with E-state index in [-0.39, 0.29) is 0 Å².